The van der Waals surface area contributed by atoms with E-state index in [1.54, 1.807) is 7.05 Å². The molecule has 114 valence electrons. The SMILES string of the molecule is CN(CC1CCCOC1)C(=O)c1ccc(C(=O)O)cc1F. The molecule has 1 fully saturated rings. The van der Waals surface area contributed by atoms with E-state index in [-0.39, 0.29) is 17.0 Å². The van der Waals surface area contributed by atoms with Crippen LogP contribution in [0.25, 0.3) is 0 Å². The van der Waals surface area contributed by atoms with Crippen molar-refractivity contribution in [1.29, 1.82) is 0 Å². The van der Waals surface area contributed by atoms with Crippen LogP contribution in [-0.2, 0) is 4.74 Å². The Morgan fingerprint density at radius 1 is 1.48 bits per heavy atom. The van der Waals surface area contributed by atoms with Gasteiger partial charge in [-0.05, 0) is 37.0 Å². The number of carboxylic acid groups (broad SMARTS) is 1. The Bertz CT molecular complexity index is 540. The van der Waals surface area contributed by atoms with Crippen molar-refractivity contribution in [3.8, 4) is 0 Å². The minimum atomic E-state index is -1.22. The van der Waals surface area contributed by atoms with Gasteiger partial charge in [0, 0.05) is 20.2 Å². The highest BCUT2D eigenvalue weighted by Crippen LogP contribution is 2.17. The van der Waals surface area contributed by atoms with Crippen LogP contribution >= 0.6 is 0 Å². The third-order valence-corrected chi connectivity index (χ3v) is 3.58. The number of carbonyl (C=O) groups is 2. The van der Waals surface area contributed by atoms with Gasteiger partial charge in [-0.2, -0.15) is 0 Å². The zero-order valence-electron chi connectivity index (χ0n) is 11.8. The fourth-order valence-electron chi connectivity index (χ4n) is 2.45. The maximum atomic E-state index is 13.9. The number of ether oxygens (including phenoxy) is 1. The molecule has 0 saturated carbocycles. The molecule has 1 aromatic carbocycles. The highest BCUT2D eigenvalue weighted by Gasteiger charge is 2.22. The lowest BCUT2D eigenvalue weighted by molar-refractivity contribution is 0.0387. The summed E-state index contributed by atoms with van der Waals surface area (Å²) in [7, 11) is 1.61. The fraction of sp³-hybridized carbons (Fsp3) is 0.467. The van der Waals surface area contributed by atoms with E-state index >= 15 is 0 Å². The number of aromatic carboxylic acids is 1. The summed E-state index contributed by atoms with van der Waals surface area (Å²) in [6.07, 6.45) is 1.95. The number of halogens is 1. The first kappa shape index (κ1) is 15.4. The largest absolute Gasteiger partial charge is 0.478 e. The van der Waals surface area contributed by atoms with Crippen LogP contribution in [0.3, 0.4) is 0 Å². The van der Waals surface area contributed by atoms with Crippen molar-refractivity contribution < 1.29 is 23.8 Å². The normalized spacial score (nSPS) is 18.3. The van der Waals surface area contributed by atoms with Crippen LogP contribution in [-0.4, -0.2) is 48.7 Å². The molecule has 1 N–H and O–H groups in total. The molecule has 1 aromatic rings. The number of rotatable bonds is 4. The van der Waals surface area contributed by atoms with E-state index in [2.05, 4.69) is 0 Å². The van der Waals surface area contributed by atoms with Crippen molar-refractivity contribution in [2.24, 2.45) is 5.92 Å². The summed E-state index contributed by atoms with van der Waals surface area (Å²) < 4.78 is 19.2. The number of amides is 1. The second kappa shape index (κ2) is 6.67. The molecule has 0 spiro atoms. The van der Waals surface area contributed by atoms with Gasteiger partial charge >= 0.3 is 5.97 Å². The van der Waals surface area contributed by atoms with Crippen molar-refractivity contribution in [3.63, 3.8) is 0 Å². The van der Waals surface area contributed by atoms with Gasteiger partial charge in [-0.15, -0.1) is 0 Å². The van der Waals surface area contributed by atoms with Crippen LogP contribution in [0.1, 0.15) is 33.6 Å². The molecule has 21 heavy (non-hydrogen) atoms. The van der Waals surface area contributed by atoms with E-state index in [4.69, 9.17) is 9.84 Å². The fourth-order valence-corrected chi connectivity index (χ4v) is 2.45. The predicted molar refractivity (Wildman–Crippen MR) is 73.9 cm³/mol. The molecule has 0 aliphatic carbocycles. The summed E-state index contributed by atoms with van der Waals surface area (Å²) in [5.74, 6) is -2.23. The zero-order chi connectivity index (χ0) is 15.4. The quantitative estimate of drug-likeness (QED) is 0.923. The molecule has 1 aliphatic rings. The maximum absolute atomic E-state index is 13.9. The first-order valence-electron chi connectivity index (χ1n) is 6.85. The maximum Gasteiger partial charge on any atom is 0.335 e. The average Bonchev–Trinajstić information content (AvgIpc) is 2.47. The molecule has 5 nitrogen and oxygen atoms in total. The van der Waals surface area contributed by atoms with Gasteiger partial charge in [-0.25, -0.2) is 9.18 Å². The van der Waals surface area contributed by atoms with Gasteiger partial charge in [0.05, 0.1) is 17.7 Å². The molecule has 0 bridgehead atoms. The molecular weight excluding hydrogens is 277 g/mol. The molecular formula is C15H18FNO4. The van der Waals surface area contributed by atoms with Crippen LogP contribution in [0.5, 0.6) is 0 Å². The van der Waals surface area contributed by atoms with Crippen LogP contribution in [0, 0.1) is 11.7 Å². The molecule has 1 aliphatic heterocycles. The van der Waals surface area contributed by atoms with Gasteiger partial charge in [-0.3, -0.25) is 4.79 Å². The number of hydrogen-bond acceptors (Lipinski definition) is 3. The number of carboxylic acids is 1. The molecule has 1 heterocycles. The third-order valence-electron chi connectivity index (χ3n) is 3.58. The molecule has 1 saturated heterocycles. The van der Waals surface area contributed by atoms with E-state index in [0.29, 0.717) is 13.2 Å². The first-order valence-corrected chi connectivity index (χ1v) is 6.85. The molecule has 1 amide bonds. The summed E-state index contributed by atoms with van der Waals surface area (Å²) >= 11 is 0. The summed E-state index contributed by atoms with van der Waals surface area (Å²) in [6, 6.07) is 3.32. The van der Waals surface area contributed by atoms with Crippen molar-refractivity contribution in [3.05, 3.63) is 35.1 Å². The summed E-state index contributed by atoms with van der Waals surface area (Å²) in [6.45, 7) is 1.86. The van der Waals surface area contributed by atoms with Crippen LogP contribution in [0.15, 0.2) is 18.2 Å². The highest BCUT2D eigenvalue weighted by atomic mass is 19.1. The van der Waals surface area contributed by atoms with E-state index in [9.17, 15) is 14.0 Å². The summed E-state index contributed by atoms with van der Waals surface area (Å²) in [5.41, 5.74) is -0.286. The highest BCUT2D eigenvalue weighted by molar-refractivity contribution is 5.96. The smallest absolute Gasteiger partial charge is 0.335 e. The van der Waals surface area contributed by atoms with E-state index in [1.807, 2.05) is 0 Å². The second-order valence-corrected chi connectivity index (χ2v) is 5.27. The van der Waals surface area contributed by atoms with E-state index in [0.717, 1.165) is 25.5 Å². The Hall–Kier alpha value is -1.95. The van der Waals surface area contributed by atoms with Crippen molar-refractivity contribution in [2.75, 3.05) is 26.8 Å². The molecule has 2 rings (SSSR count). The van der Waals surface area contributed by atoms with Crippen molar-refractivity contribution in [2.45, 2.75) is 12.8 Å². The molecule has 0 radical (unpaired) electrons. The van der Waals surface area contributed by atoms with Gasteiger partial charge in [-0.1, -0.05) is 0 Å². The van der Waals surface area contributed by atoms with Gasteiger partial charge in [0.15, 0.2) is 0 Å². The van der Waals surface area contributed by atoms with Crippen molar-refractivity contribution in [1.82, 2.24) is 4.90 Å². The second-order valence-electron chi connectivity index (χ2n) is 5.27. The Labute approximate surface area is 122 Å². The first-order chi connectivity index (χ1) is 9.99. The van der Waals surface area contributed by atoms with Crippen LogP contribution < -0.4 is 0 Å². The number of benzene rings is 1. The van der Waals surface area contributed by atoms with E-state index in [1.165, 1.54) is 17.0 Å². The van der Waals surface area contributed by atoms with Gasteiger partial charge in [0.25, 0.3) is 5.91 Å². The monoisotopic (exact) mass is 295 g/mol. The predicted octanol–water partition coefficient (Wildman–Crippen LogP) is 2.02. The molecule has 1 atom stereocenters. The minimum Gasteiger partial charge on any atom is -0.478 e. The summed E-state index contributed by atoms with van der Waals surface area (Å²) in [5, 5.41) is 8.79. The molecule has 1 unspecified atom stereocenters. The lowest BCUT2D eigenvalue weighted by atomic mass is 10.0. The molecule has 6 heteroatoms. The third kappa shape index (κ3) is 3.78. The molecule has 0 aromatic heterocycles. The standard InChI is InChI=1S/C15H18FNO4/c1-17(8-10-3-2-6-21-9-10)14(18)12-5-4-11(15(19)20)7-13(12)16/h4-5,7,10H,2-3,6,8-9H2,1H3,(H,19,20). The Kier molecular flexibility index (Phi) is 4.90. The topological polar surface area (TPSA) is 66.8 Å². The summed E-state index contributed by atoms with van der Waals surface area (Å²) in [4.78, 5) is 24.4. The van der Waals surface area contributed by atoms with Crippen LogP contribution in [0.4, 0.5) is 4.39 Å². The van der Waals surface area contributed by atoms with Crippen molar-refractivity contribution >= 4 is 11.9 Å². The van der Waals surface area contributed by atoms with Gasteiger partial charge < -0.3 is 14.7 Å². The van der Waals surface area contributed by atoms with Crippen LogP contribution in [0.2, 0.25) is 0 Å². The number of carbonyl (C=O) groups excluding carboxylic acids is 1. The lowest BCUT2D eigenvalue weighted by Gasteiger charge is -2.27. The lowest BCUT2D eigenvalue weighted by Crippen LogP contribution is -2.35. The minimum absolute atomic E-state index is 0.112. The van der Waals surface area contributed by atoms with E-state index < -0.39 is 17.7 Å². The average molecular weight is 295 g/mol. The number of hydrogen-bond donors (Lipinski definition) is 1. The zero-order valence-corrected chi connectivity index (χ0v) is 11.8. The number of nitrogens with zero attached hydrogens (tertiary/aromatic N) is 1. The Morgan fingerprint density at radius 2 is 2.24 bits per heavy atom. The van der Waals surface area contributed by atoms with Gasteiger partial charge in [0.2, 0.25) is 0 Å². The van der Waals surface area contributed by atoms with Gasteiger partial charge in [0.1, 0.15) is 5.82 Å². The Balaban J connectivity index is 2.06. The Morgan fingerprint density at radius 3 is 2.81 bits per heavy atom.